The van der Waals surface area contributed by atoms with Gasteiger partial charge < -0.3 is 20.3 Å². The molecule has 2 fully saturated rings. The Hall–Kier alpha value is -2.41. The maximum atomic E-state index is 15.1. The molecule has 1 aliphatic carbocycles. The van der Waals surface area contributed by atoms with E-state index < -0.39 is 17.2 Å². The summed E-state index contributed by atoms with van der Waals surface area (Å²) >= 11 is 0. The quantitative estimate of drug-likeness (QED) is 0.863. The number of rotatable bonds is 3. The van der Waals surface area contributed by atoms with Crippen LogP contribution in [0.3, 0.4) is 0 Å². The van der Waals surface area contributed by atoms with Crippen molar-refractivity contribution >= 4 is 22.6 Å². The van der Waals surface area contributed by atoms with Crippen LogP contribution in [0.25, 0.3) is 10.9 Å². The number of aromatic nitrogens is 1. The zero-order valence-corrected chi connectivity index (χ0v) is 15.5. The minimum atomic E-state index is -1.28. The molecule has 144 valence electrons. The zero-order chi connectivity index (χ0) is 19.5. The highest BCUT2D eigenvalue weighted by Gasteiger charge is 2.31. The molecular weight excluding hydrogens is 349 g/mol. The normalized spacial score (nSPS) is 23.0. The molecule has 0 bridgehead atoms. The molecular formula is C20H24FN3O3. The number of hydrogen-bond donors (Lipinski definition) is 2. The maximum Gasteiger partial charge on any atom is 0.341 e. The molecule has 2 unspecified atom stereocenters. The fraction of sp³-hybridized carbons (Fsp3) is 0.500. The molecule has 0 amide bonds. The Morgan fingerprint density at radius 2 is 2.04 bits per heavy atom. The number of nitrogens with zero attached hydrogens (tertiary/aromatic N) is 2. The van der Waals surface area contributed by atoms with Crippen molar-refractivity contribution in [3.8, 4) is 0 Å². The number of carboxylic acid groups (broad SMARTS) is 1. The van der Waals surface area contributed by atoms with Gasteiger partial charge in [0, 0.05) is 36.8 Å². The molecule has 0 radical (unpaired) electrons. The highest BCUT2D eigenvalue weighted by Crippen LogP contribution is 2.40. The Morgan fingerprint density at radius 3 is 2.63 bits per heavy atom. The number of nitrogens with two attached hydrogens (primary N) is 1. The summed E-state index contributed by atoms with van der Waals surface area (Å²) in [5.41, 5.74) is 7.00. The Labute approximate surface area is 156 Å². The van der Waals surface area contributed by atoms with Gasteiger partial charge in [0.25, 0.3) is 0 Å². The van der Waals surface area contributed by atoms with Crippen LogP contribution in [-0.2, 0) is 0 Å². The first-order valence-electron chi connectivity index (χ1n) is 9.41. The van der Waals surface area contributed by atoms with E-state index in [0.717, 1.165) is 19.3 Å². The molecule has 2 aliphatic rings. The van der Waals surface area contributed by atoms with Crippen LogP contribution in [0.4, 0.5) is 10.1 Å². The fourth-order valence-corrected chi connectivity index (χ4v) is 4.22. The van der Waals surface area contributed by atoms with Crippen LogP contribution in [0.2, 0.25) is 0 Å². The third kappa shape index (κ3) is 2.90. The first-order valence-corrected chi connectivity index (χ1v) is 9.41. The maximum absolute atomic E-state index is 15.1. The van der Waals surface area contributed by atoms with Crippen molar-refractivity contribution in [3.63, 3.8) is 0 Å². The molecule has 2 heterocycles. The van der Waals surface area contributed by atoms with Crippen molar-refractivity contribution < 1.29 is 14.3 Å². The fourth-order valence-electron chi connectivity index (χ4n) is 4.22. The Morgan fingerprint density at radius 1 is 1.33 bits per heavy atom. The van der Waals surface area contributed by atoms with Gasteiger partial charge in [-0.15, -0.1) is 0 Å². The van der Waals surface area contributed by atoms with Gasteiger partial charge in [-0.05, 0) is 43.7 Å². The van der Waals surface area contributed by atoms with Gasteiger partial charge in [-0.3, -0.25) is 4.79 Å². The van der Waals surface area contributed by atoms with E-state index in [4.69, 9.17) is 5.73 Å². The molecule has 0 spiro atoms. The Balaban J connectivity index is 1.96. The number of piperidine rings is 1. The molecule has 1 saturated carbocycles. The number of carbonyl (C=O) groups is 1. The number of hydrogen-bond acceptors (Lipinski definition) is 4. The van der Waals surface area contributed by atoms with Crippen molar-refractivity contribution in [2.24, 2.45) is 11.7 Å². The van der Waals surface area contributed by atoms with Crippen molar-refractivity contribution in [2.45, 2.75) is 45.2 Å². The molecule has 7 heteroatoms. The average Bonchev–Trinajstić information content (AvgIpc) is 3.43. The van der Waals surface area contributed by atoms with Crippen molar-refractivity contribution in [3.05, 3.63) is 39.4 Å². The SMILES string of the molecule is Cc1c(N2CCC(N)C(C)C2)c(F)cc2c(=O)c(C(=O)O)cn(C3CC3)c12. The van der Waals surface area contributed by atoms with Gasteiger partial charge in [0.1, 0.15) is 11.4 Å². The van der Waals surface area contributed by atoms with E-state index >= 15 is 4.39 Å². The van der Waals surface area contributed by atoms with Gasteiger partial charge in [0.05, 0.1) is 11.2 Å². The summed E-state index contributed by atoms with van der Waals surface area (Å²) < 4.78 is 16.9. The second kappa shape index (κ2) is 6.34. The largest absolute Gasteiger partial charge is 0.477 e. The molecule has 4 rings (SSSR count). The second-order valence-electron chi connectivity index (χ2n) is 7.92. The minimum absolute atomic E-state index is 0.104. The molecule has 1 aromatic carbocycles. The lowest BCUT2D eigenvalue weighted by atomic mass is 9.93. The lowest BCUT2D eigenvalue weighted by Crippen LogP contribution is -2.46. The number of carboxylic acids is 1. The molecule has 1 aromatic heterocycles. The molecule has 27 heavy (non-hydrogen) atoms. The average molecular weight is 373 g/mol. The summed E-state index contributed by atoms with van der Waals surface area (Å²) in [7, 11) is 0. The van der Waals surface area contributed by atoms with E-state index in [2.05, 4.69) is 6.92 Å². The number of benzene rings is 1. The summed E-state index contributed by atoms with van der Waals surface area (Å²) in [6, 6.07) is 1.48. The van der Waals surface area contributed by atoms with Crippen LogP contribution in [0.15, 0.2) is 17.1 Å². The van der Waals surface area contributed by atoms with Gasteiger partial charge in [-0.1, -0.05) is 6.92 Å². The second-order valence-corrected chi connectivity index (χ2v) is 7.92. The minimum Gasteiger partial charge on any atom is -0.477 e. The van der Waals surface area contributed by atoms with Gasteiger partial charge in [0.15, 0.2) is 0 Å². The van der Waals surface area contributed by atoms with Gasteiger partial charge in [-0.25, -0.2) is 9.18 Å². The summed E-state index contributed by atoms with van der Waals surface area (Å²) in [4.78, 5) is 26.2. The van der Waals surface area contributed by atoms with Gasteiger partial charge >= 0.3 is 5.97 Å². The monoisotopic (exact) mass is 373 g/mol. The van der Waals surface area contributed by atoms with Crippen LogP contribution in [0, 0.1) is 18.7 Å². The summed E-state index contributed by atoms with van der Waals surface area (Å²) in [5, 5.41) is 9.52. The van der Waals surface area contributed by atoms with E-state index in [-0.39, 0.29) is 29.0 Å². The van der Waals surface area contributed by atoms with Crippen LogP contribution in [-0.4, -0.2) is 34.8 Å². The summed E-state index contributed by atoms with van der Waals surface area (Å²) in [6.45, 7) is 5.20. The van der Waals surface area contributed by atoms with E-state index in [1.165, 1.54) is 12.3 Å². The molecule has 3 N–H and O–H groups in total. The predicted octanol–water partition coefficient (Wildman–Crippen LogP) is 2.66. The number of anilines is 1. The molecule has 1 aliphatic heterocycles. The van der Waals surface area contributed by atoms with Crippen LogP contribution in [0.5, 0.6) is 0 Å². The number of fused-ring (bicyclic) bond motifs is 1. The lowest BCUT2D eigenvalue weighted by Gasteiger charge is -2.37. The number of halogens is 1. The van der Waals surface area contributed by atoms with Crippen LogP contribution >= 0.6 is 0 Å². The van der Waals surface area contributed by atoms with Crippen molar-refractivity contribution in [2.75, 3.05) is 18.0 Å². The lowest BCUT2D eigenvalue weighted by molar-refractivity contribution is 0.0695. The summed E-state index contributed by atoms with van der Waals surface area (Å²) in [6.07, 6.45) is 4.07. The summed E-state index contributed by atoms with van der Waals surface area (Å²) in [5.74, 6) is -1.52. The van der Waals surface area contributed by atoms with Crippen LogP contribution in [0.1, 0.15) is 48.1 Å². The first-order chi connectivity index (χ1) is 12.8. The van der Waals surface area contributed by atoms with Gasteiger partial charge in [0.2, 0.25) is 5.43 Å². The third-order valence-electron chi connectivity index (χ3n) is 5.94. The Kier molecular flexibility index (Phi) is 4.22. The topological polar surface area (TPSA) is 88.6 Å². The van der Waals surface area contributed by atoms with Gasteiger partial charge in [-0.2, -0.15) is 0 Å². The number of aryl methyl sites for hydroxylation is 1. The smallest absolute Gasteiger partial charge is 0.341 e. The first kappa shape index (κ1) is 18.0. The molecule has 2 atom stereocenters. The zero-order valence-electron chi connectivity index (χ0n) is 15.5. The molecule has 6 nitrogen and oxygen atoms in total. The number of pyridine rings is 1. The highest BCUT2D eigenvalue weighted by molar-refractivity contribution is 5.95. The highest BCUT2D eigenvalue weighted by atomic mass is 19.1. The van der Waals surface area contributed by atoms with Crippen LogP contribution < -0.4 is 16.1 Å². The number of aromatic carboxylic acids is 1. The van der Waals surface area contributed by atoms with E-state index in [1.807, 2.05) is 16.4 Å². The van der Waals surface area contributed by atoms with Crippen molar-refractivity contribution in [1.29, 1.82) is 0 Å². The standard InChI is InChI=1S/C20H24FN3O3/c1-10-8-23(6-5-16(10)22)18-11(2)17-13(7-15(18)21)19(25)14(20(26)27)9-24(17)12-3-4-12/h7,9-10,12,16H,3-6,8,22H2,1-2H3,(H,26,27). The van der Waals surface area contributed by atoms with E-state index in [1.54, 1.807) is 0 Å². The van der Waals surface area contributed by atoms with E-state index in [0.29, 0.717) is 29.9 Å². The molecule has 2 aromatic rings. The van der Waals surface area contributed by atoms with E-state index in [9.17, 15) is 14.7 Å². The third-order valence-corrected chi connectivity index (χ3v) is 5.94. The van der Waals surface area contributed by atoms with Crippen molar-refractivity contribution in [1.82, 2.24) is 4.57 Å². The Bertz CT molecular complexity index is 996. The molecule has 1 saturated heterocycles. The predicted molar refractivity (Wildman–Crippen MR) is 102 cm³/mol.